The van der Waals surface area contributed by atoms with Gasteiger partial charge in [0.05, 0.1) is 17.1 Å². The number of hydrogen-bond acceptors (Lipinski definition) is 6. The van der Waals surface area contributed by atoms with Crippen LogP contribution in [0, 0.1) is 17.1 Å². The van der Waals surface area contributed by atoms with Gasteiger partial charge in [0.1, 0.15) is 11.8 Å². The molecule has 2 fully saturated rings. The first-order valence-corrected chi connectivity index (χ1v) is 8.46. The molecule has 0 radical (unpaired) electrons. The fourth-order valence-electron chi connectivity index (χ4n) is 4.06. The molecule has 126 valence electrons. The quantitative estimate of drug-likeness (QED) is 0.671. The number of nitrogens with zero attached hydrogens (tertiary/aromatic N) is 7. The van der Waals surface area contributed by atoms with E-state index in [-0.39, 0.29) is 11.1 Å². The number of anilines is 1. The Hall–Kier alpha value is -2.79. The molecule has 2 saturated heterocycles. The summed E-state index contributed by atoms with van der Waals surface area (Å²) in [6.07, 6.45) is 3.97. The van der Waals surface area contributed by atoms with E-state index in [1.807, 2.05) is 6.07 Å². The van der Waals surface area contributed by atoms with Crippen LogP contribution < -0.4 is 4.90 Å². The summed E-state index contributed by atoms with van der Waals surface area (Å²) in [4.78, 5) is 9.29. The molecule has 0 amide bonds. The number of fused-ring (bicyclic) bond motifs is 4. The number of aromatic nitrogens is 4. The Morgan fingerprint density at radius 2 is 2.16 bits per heavy atom. The SMILES string of the molecule is N#Cc1cc(F)c2nc(N3CCN4CCCC4C3)c3nncn3c2c1. The predicted octanol–water partition coefficient (Wildman–Crippen LogP) is 1.57. The first-order valence-electron chi connectivity index (χ1n) is 8.46. The highest BCUT2D eigenvalue weighted by Gasteiger charge is 2.32. The van der Waals surface area contributed by atoms with E-state index in [0.29, 0.717) is 23.0 Å². The van der Waals surface area contributed by atoms with Crippen LogP contribution in [0.4, 0.5) is 10.2 Å². The first-order chi connectivity index (χ1) is 12.2. The molecule has 0 bridgehead atoms. The maximum atomic E-state index is 14.5. The minimum Gasteiger partial charge on any atom is -0.351 e. The molecule has 1 aromatic carbocycles. The number of nitriles is 1. The molecule has 0 N–H and O–H groups in total. The Labute approximate surface area is 143 Å². The number of piperazine rings is 1. The lowest BCUT2D eigenvalue weighted by molar-refractivity contribution is 0.230. The summed E-state index contributed by atoms with van der Waals surface area (Å²) in [5, 5.41) is 17.3. The maximum absolute atomic E-state index is 14.5. The van der Waals surface area contributed by atoms with Crippen LogP contribution >= 0.6 is 0 Å². The first kappa shape index (κ1) is 14.5. The van der Waals surface area contributed by atoms with Crippen LogP contribution in [-0.4, -0.2) is 56.7 Å². The molecule has 7 nitrogen and oxygen atoms in total. The third kappa shape index (κ3) is 2.16. The molecule has 25 heavy (non-hydrogen) atoms. The van der Waals surface area contributed by atoms with Crippen molar-refractivity contribution in [3.63, 3.8) is 0 Å². The van der Waals surface area contributed by atoms with Gasteiger partial charge < -0.3 is 4.90 Å². The second-order valence-electron chi connectivity index (χ2n) is 6.68. The highest BCUT2D eigenvalue weighted by molar-refractivity contribution is 5.84. The van der Waals surface area contributed by atoms with Crippen molar-refractivity contribution in [1.29, 1.82) is 5.26 Å². The summed E-state index contributed by atoms with van der Waals surface area (Å²) in [5.41, 5.74) is 1.62. The third-order valence-corrected chi connectivity index (χ3v) is 5.28. The molecule has 2 aliphatic heterocycles. The Balaban J connectivity index is 1.69. The van der Waals surface area contributed by atoms with Crippen molar-refractivity contribution < 1.29 is 4.39 Å². The van der Waals surface area contributed by atoms with Crippen molar-refractivity contribution in [2.24, 2.45) is 0 Å². The van der Waals surface area contributed by atoms with E-state index < -0.39 is 5.82 Å². The average Bonchev–Trinajstić information content (AvgIpc) is 3.29. The van der Waals surface area contributed by atoms with Crippen molar-refractivity contribution in [1.82, 2.24) is 24.5 Å². The molecule has 2 aromatic heterocycles. The molecule has 8 heteroatoms. The lowest BCUT2D eigenvalue weighted by atomic mass is 10.1. The van der Waals surface area contributed by atoms with Gasteiger partial charge >= 0.3 is 0 Å². The largest absolute Gasteiger partial charge is 0.351 e. The number of halogens is 1. The van der Waals surface area contributed by atoms with Gasteiger partial charge in [0.2, 0.25) is 5.65 Å². The zero-order valence-corrected chi connectivity index (χ0v) is 13.6. The zero-order chi connectivity index (χ0) is 17.0. The summed E-state index contributed by atoms with van der Waals surface area (Å²) in [6.45, 7) is 3.87. The molecule has 5 rings (SSSR count). The van der Waals surface area contributed by atoms with E-state index >= 15 is 0 Å². The molecule has 1 unspecified atom stereocenters. The zero-order valence-electron chi connectivity index (χ0n) is 13.6. The van der Waals surface area contributed by atoms with Crippen LogP contribution in [0.5, 0.6) is 0 Å². The molecular weight excluding hydrogens is 321 g/mol. The van der Waals surface area contributed by atoms with Crippen LogP contribution in [0.25, 0.3) is 16.7 Å². The molecule has 4 heterocycles. The average molecular weight is 337 g/mol. The van der Waals surface area contributed by atoms with Gasteiger partial charge in [0.15, 0.2) is 11.6 Å². The smallest absolute Gasteiger partial charge is 0.204 e. The molecule has 0 spiro atoms. The van der Waals surface area contributed by atoms with Gasteiger partial charge in [0.25, 0.3) is 0 Å². The van der Waals surface area contributed by atoms with Crippen LogP contribution in [-0.2, 0) is 0 Å². The van der Waals surface area contributed by atoms with Gasteiger partial charge in [0, 0.05) is 25.7 Å². The van der Waals surface area contributed by atoms with E-state index in [1.54, 1.807) is 16.8 Å². The standard InChI is InChI=1S/C17H16FN7/c18-13-6-11(8-19)7-14-15(13)21-16(17-22-20-10-25(14)17)24-5-4-23-3-1-2-12(23)9-24/h6-7,10,12H,1-5,9H2. The second-order valence-corrected chi connectivity index (χ2v) is 6.68. The van der Waals surface area contributed by atoms with Gasteiger partial charge in [-0.05, 0) is 31.5 Å². The van der Waals surface area contributed by atoms with Crippen molar-refractivity contribution in [2.75, 3.05) is 31.1 Å². The third-order valence-electron chi connectivity index (χ3n) is 5.28. The summed E-state index contributed by atoms with van der Waals surface area (Å²) in [6, 6.07) is 5.36. The monoisotopic (exact) mass is 337 g/mol. The van der Waals surface area contributed by atoms with E-state index in [9.17, 15) is 4.39 Å². The van der Waals surface area contributed by atoms with Crippen LogP contribution in [0.15, 0.2) is 18.5 Å². The van der Waals surface area contributed by atoms with Crippen LogP contribution in [0.1, 0.15) is 18.4 Å². The highest BCUT2D eigenvalue weighted by atomic mass is 19.1. The van der Waals surface area contributed by atoms with E-state index in [2.05, 4.69) is 25.0 Å². The number of hydrogen-bond donors (Lipinski definition) is 0. The van der Waals surface area contributed by atoms with E-state index in [0.717, 1.165) is 26.2 Å². The maximum Gasteiger partial charge on any atom is 0.204 e. The lowest BCUT2D eigenvalue weighted by Crippen LogP contribution is -2.50. The Morgan fingerprint density at radius 1 is 1.24 bits per heavy atom. The Morgan fingerprint density at radius 3 is 3.04 bits per heavy atom. The summed E-state index contributed by atoms with van der Waals surface area (Å²) in [7, 11) is 0. The number of rotatable bonds is 1. The molecule has 0 aliphatic carbocycles. The number of benzene rings is 1. The van der Waals surface area contributed by atoms with Gasteiger partial charge in [-0.2, -0.15) is 5.26 Å². The topological polar surface area (TPSA) is 73.3 Å². The summed E-state index contributed by atoms with van der Waals surface area (Å²) < 4.78 is 16.3. The molecule has 0 saturated carbocycles. The molecule has 2 aliphatic rings. The van der Waals surface area contributed by atoms with Crippen LogP contribution in [0.2, 0.25) is 0 Å². The fourth-order valence-corrected chi connectivity index (χ4v) is 4.06. The van der Waals surface area contributed by atoms with E-state index in [1.165, 1.54) is 18.9 Å². The Bertz CT molecular complexity index is 1020. The minimum atomic E-state index is -0.495. The fraction of sp³-hybridized carbons (Fsp3) is 0.412. The lowest BCUT2D eigenvalue weighted by Gasteiger charge is -2.38. The van der Waals surface area contributed by atoms with Gasteiger partial charge in [-0.1, -0.05) is 0 Å². The summed E-state index contributed by atoms with van der Waals surface area (Å²) >= 11 is 0. The Kier molecular flexibility index (Phi) is 3.12. The molecule has 3 aromatic rings. The predicted molar refractivity (Wildman–Crippen MR) is 89.8 cm³/mol. The minimum absolute atomic E-state index is 0.246. The molecular formula is C17H16FN7. The summed E-state index contributed by atoms with van der Waals surface area (Å²) in [5.74, 6) is 0.172. The van der Waals surface area contributed by atoms with Crippen LogP contribution in [0.3, 0.4) is 0 Å². The normalized spacial score (nSPS) is 21.0. The van der Waals surface area contributed by atoms with Crippen molar-refractivity contribution in [3.8, 4) is 6.07 Å². The molecule has 1 atom stereocenters. The van der Waals surface area contributed by atoms with Gasteiger partial charge in [-0.15, -0.1) is 10.2 Å². The van der Waals surface area contributed by atoms with Crippen molar-refractivity contribution in [3.05, 3.63) is 29.8 Å². The van der Waals surface area contributed by atoms with Gasteiger partial charge in [-0.3, -0.25) is 9.30 Å². The second kappa shape index (κ2) is 5.36. The van der Waals surface area contributed by atoms with Gasteiger partial charge in [-0.25, -0.2) is 9.37 Å². The van der Waals surface area contributed by atoms with Crippen molar-refractivity contribution >= 4 is 22.5 Å². The van der Waals surface area contributed by atoms with Crippen molar-refractivity contribution in [2.45, 2.75) is 18.9 Å². The van der Waals surface area contributed by atoms with E-state index in [4.69, 9.17) is 5.26 Å². The highest BCUT2D eigenvalue weighted by Crippen LogP contribution is 2.29.